The van der Waals surface area contributed by atoms with Gasteiger partial charge in [-0.2, -0.15) is 5.10 Å². The zero-order valence-corrected chi connectivity index (χ0v) is 10.2. The van der Waals surface area contributed by atoms with Gasteiger partial charge in [-0.15, -0.1) is 0 Å². The Morgan fingerprint density at radius 2 is 2.12 bits per heavy atom. The van der Waals surface area contributed by atoms with Crippen molar-refractivity contribution in [1.29, 1.82) is 0 Å². The van der Waals surface area contributed by atoms with Crippen LogP contribution >= 0.6 is 0 Å². The van der Waals surface area contributed by atoms with E-state index >= 15 is 0 Å². The Balaban J connectivity index is 2.43. The number of methoxy groups -OCH3 is 1. The zero-order chi connectivity index (χ0) is 12.3. The molecule has 0 bridgehead atoms. The van der Waals surface area contributed by atoms with Gasteiger partial charge >= 0.3 is 0 Å². The Morgan fingerprint density at radius 1 is 1.29 bits per heavy atom. The van der Waals surface area contributed by atoms with Gasteiger partial charge in [0.2, 0.25) is 0 Å². The minimum Gasteiger partial charge on any atom is -0.497 e. The molecule has 1 heterocycles. The van der Waals surface area contributed by atoms with Crippen LogP contribution in [0.5, 0.6) is 5.75 Å². The summed E-state index contributed by atoms with van der Waals surface area (Å²) in [5, 5.41) is 4.27. The molecule has 0 amide bonds. The van der Waals surface area contributed by atoms with Gasteiger partial charge in [-0.3, -0.25) is 4.68 Å². The van der Waals surface area contributed by atoms with E-state index in [4.69, 9.17) is 10.5 Å². The molecule has 0 radical (unpaired) electrons. The molecule has 0 saturated heterocycles. The van der Waals surface area contributed by atoms with Crippen LogP contribution in [0.15, 0.2) is 30.6 Å². The first-order valence-electron chi connectivity index (χ1n) is 5.67. The van der Waals surface area contributed by atoms with Crippen LogP contribution in [0.3, 0.4) is 0 Å². The van der Waals surface area contributed by atoms with Crippen LogP contribution in [0.25, 0.3) is 11.1 Å². The molecule has 1 aromatic heterocycles. The van der Waals surface area contributed by atoms with E-state index in [1.807, 2.05) is 29.2 Å². The lowest BCUT2D eigenvalue weighted by Gasteiger charge is -2.06. The summed E-state index contributed by atoms with van der Waals surface area (Å²) in [7, 11) is 1.66. The van der Waals surface area contributed by atoms with E-state index in [2.05, 4.69) is 18.1 Å². The predicted octanol–water partition coefficient (Wildman–Crippen LogP) is 2.04. The number of hydrogen-bond donors (Lipinski definition) is 1. The normalized spacial score (nSPS) is 10.5. The fraction of sp³-hybridized carbons (Fsp3) is 0.308. The molecule has 4 heteroatoms. The molecule has 0 unspecified atom stereocenters. The van der Waals surface area contributed by atoms with Crippen molar-refractivity contribution < 1.29 is 4.74 Å². The van der Waals surface area contributed by atoms with Gasteiger partial charge < -0.3 is 10.5 Å². The van der Waals surface area contributed by atoms with Gasteiger partial charge in [0.1, 0.15) is 5.75 Å². The standard InChI is InChI=1S/C13H17N3O/c1-3-16-9-12(8-15-16)11-4-10(7-14)5-13(6-11)17-2/h4-6,8-9H,3,7,14H2,1-2H3. The van der Waals surface area contributed by atoms with Crippen molar-refractivity contribution in [3.63, 3.8) is 0 Å². The lowest BCUT2D eigenvalue weighted by Crippen LogP contribution is -1.97. The molecule has 17 heavy (non-hydrogen) atoms. The number of nitrogens with two attached hydrogens (primary N) is 1. The molecular formula is C13H17N3O. The number of aromatic nitrogens is 2. The largest absolute Gasteiger partial charge is 0.497 e. The maximum Gasteiger partial charge on any atom is 0.119 e. The lowest BCUT2D eigenvalue weighted by molar-refractivity contribution is 0.414. The Kier molecular flexibility index (Phi) is 3.44. The highest BCUT2D eigenvalue weighted by atomic mass is 16.5. The molecule has 0 saturated carbocycles. The third-order valence-electron chi connectivity index (χ3n) is 2.73. The van der Waals surface area contributed by atoms with Crippen molar-refractivity contribution in [2.24, 2.45) is 5.73 Å². The van der Waals surface area contributed by atoms with Crippen LogP contribution in [-0.2, 0) is 13.1 Å². The summed E-state index contributed by atoms with van der Waals surface area (Å²) >= 11 is 0. The van der Waals surface area contributed by atoms with Crippen molar-refractivity contribution in [2.75, 3.05) is 7.11 Å². The van der Waals surface area contributed by atoms with E-state index in [-0.39, 0.29) is 0 Å². The van der Waals surface area contributed by atoms with Crippen molar-refractivity contribution in [3.8, 4) is 16.9 Å². The first-order chi connectivity index (χ1) is 8.26. The summed E-state index contributed by atoms with van der Waals surface area (Å²) in [6.07, 6.45) is 3.88. The fourth-order valence-electron chi connectivity index (χ4n) is 1.75. The Hall–Kier alpha value is -1.81. The average Bonchev–Trinajstić information content (AvgIpc) is 2.86. The number of nitrogens with zero attached hydrogens (tertiary/aromatic N) is 2. The summed E-state index contributed by atoms with van der Waals surface area (Å²) in [5.41, 5.74) is 8.91. The maximum atomic E-state index is 5.68. The second-order valence-corrected chi connectivity index (χ2v) is 3.86. The van der Waals surface area contributed by atoms with Gasteiger partial charge in [0.05, 0.1) is 13.3 Å². The summed E-state index contributed by atoms with van der Waals surface area (Å²) in [5.74, 6) is 0.826. The Morgan fingerprint density at radius 3 is 2.71 bits per heavy atom. The highest BCUT2D eigenvalue weighted by Gasteiger charge is 2.05. The van der Waals surface area contributed by atoms with Crippen molar-refractivity contribution in [1.82, 2.24) is 9.78 Å². The quantitative estimate of drug-likeness (QED) is 0.876. The van der Waals surface area contributed by atoms with E-state index in [1.165, 1.54) is 0 Å². The lowest BCUT2D eigenvalue weighted by atomic mass is 10.1. The topological polar surface area (TPSA) is 53.1 Å². The number of aryl methyl sites for hydroxylation is 1. The predicted molar refractivity (Wildman–Crippen MR) is 67.8 cm³/mol. The van der Waals surface area contributed by atoms with Crippen LogP contribution in [0.2, 0.25) is 0 Å². The number of hydrogen-bond acceptors (Lipinski definition) is 3. The van der Waals surface area contributed by atoms with Gasteiger partial charge in [0, 0.05) is 24.8 Å². The van der Waals surface area contributed by atoms with E-state index in [9.17, 15) is 0 Å². The molecule has 90 valence electrons. The first kappa shape index (κ1) is 11.7. The third kappa shape index (κ3) is 2.47. The molecule has 0 atom stereocenters. The molecular weight excluding hydrogens is 214 g/mol. The molecule has 0 spiro atoms. The van der Waals surface area contributed by atoms with E-state index in [0.29, 0.717) is 6.54 Å². The molecule has 0 aliphatic rings. The number of benzene rings is 1. The monoisotopic (exact) mass is 231 g/mol. The van der Waals surface area contributed by atoms with Crippen molar-refractivity contribution >= 4 is 0 Å². The molecule has 0 aliphatic carbocycles. The van der Waals surface area contributed by atoms with E-state index < -0.39 is 0 Å². The van der Waals surface area contributed by atoms with Gasteiger partial charge in [-0.05, 0) is 36.2 Å². The van der Waals surface area contributed by atoms with Crippen LogP contribution in [-0.4, -0.2) is 16.9 Å². The third-order valence-corrected chi connectivity index (χ3v) is 2.73. The SMILES string of the molecule is CCn1cc(-c2cc(CN)cc(OC)c2)cn1. The highest BCUT2D eigenvalue weighted by molar-refractivity contribution is 5.64. The van der Waals surface area contributed by atoms with Gasteiger partial charge in [0.15, 0.2) is 0 Å². The second kappa shape index (κ2) is 5.01. The first-order valence-corrected chi connectivity index (χ1v) is 5.67. The van der Waals surface area contributed by atoms with Crippen molar-refractivity contribution in [2.45, 2.75) is 20.0 Å². The molecule has 0 fully saturated rings. The highest BCUT2D eigenvalue weighted by Crippen LogP contribution is 2.25. The minimum atomic E-state index is 0.506. The molecule has 2 N–H and O–H groups in total. The molecule has 2 rings (SSSR count). The number of rotatable bonds is 4. The molecule has 0 aliphatic heterocycles. The molecule has 4 nitrogen and oxygen atoms in total. The van der Waals surface area contributed by atoms with Crippen LogP contribution in [0, 0.1) is 0 Å². The molecule has 1 aromatic carbocycles. The minimum absolute atomic E-state index is 0.506. The second-order valence-electron chi connectivity index (χ2n) is 3.86. The van der Waals surface area contributed by atoms with Gasteiger partial charge in [-0.25, -0.2) is 0 Å². The summed E-state index contributed by atoms with van der Waals surface area (Å²) in [4.78, 5) is 0. The van der Waals surface area contributed by atoms with Crippen molar-refractivity contribution in [3.05, 3.63) is 36.2 Å². The number of ether oxygens (including phenoxy) is 1. The smallest absolute Gasteiger partial charge is 0.119 e. The average molecular weight is 231 g/mol. The summed E-state index contributed by atoms with van der Waals surface area (Å²) < 4.78 is 7.17. The Bertz CT molecular complexity index is 483. The zero-order valence-electron chi connectivity index (χ0n) is 10.2. The van der Waals surface area contributed by atoms with Crippen LogP contribution in [0.1, 0.15) is 12.5 Å². The molecule has 2 aromatic rings. The van der Waals surface area contributed by atoms with E-state index in [1.54, 1.807) is 7.11 Å². The Labute approximate surface area is 101 Å². The van der Waals surface area contributed by atoms with Gasteiger partial charge in [-0.1, -0.05) is 0 Å². The van der Waals surface area contributed by atoms with E-state index in [0.717, 1.165) is 29.0 Å². The van der Waals surface area contributed by atoms with Gasteiger partial charge in [0.25, 0.3) is 0 Å². The summed E-state index contributed by atoms with van der Waals surface area (Å²) in [6, 6.07) is 6.02. The van der Waals surface area contributed by atoms with Crippen LogP contribution < -0.4 is 10.5 Å². The van der Waals surface area contributed by atoms with Crippen LogP contribution in [0.4, 0.5) is 0 Å². The summed E-state index contributed by atoms with van der Waals surface area (Å²) in [6.45, 7) is 3.44. The maximum absolute atomic E-state index is 5.68. The fourth-order valence-corrected chi connectivity index (χ4v) is 1.75.